The van der Waals surface area contributed by atoms with Crippen LogP contribution in [0.15, 0.2) is 24.3 Å². The van der Waals surface area contributed by atoms with Gasteiger partial charge in [-0.3, -0.25) is 0 Å². The number of aryl methyl sites for hydroxylation is 1. The van der Waals surface area contributed by atoms with Gasteiger partial charge in [-0.2, -0.15) is 0 Å². The molecule has 1 aromatic rings. The van der Waals surface area contributed by atoms with Crippen LogP contribution in [0.25, 0.3) is 0 Å². The zero-order chi connectivity index (χ0) is 10.7. The van der Waals surface area contributed by atoms with E-state index in [2.05, 4.69) is 36.5 Å². The summed E-state index contributed by atoms with van der Waals surface area (Å²) in [7, 11) is 0. The fraction of sp³-hybridized carbons (Fsp3) is 0.538. The third-order valence-corrected chi connectivity index (χ3v) is 3.27. The van der Waals surface area contributed by atoms with Crippen molar-refractivity contribution in [2.24, 2.45) is 5.73 Å². The highest BCUT2D eigenvalue weighted by molar-refractivity contribution is 5.26. The summed E-state index contributed by atoms with van der Waals surface area (Å²) in [5, 5.41) is 3.41. The summed E-state index contributed by atoms with van der Waals surface area (Å²) < 4.78 is 0. The average Bonchev–Trinajstić information content (AvgIpc) is 2.43. The van der Waals surface area contributed by atoms with E-state index in [1.54, 1.807) is 0 Å². The lowest BCUT2D eigenvalue weighted by molar-refractivity contribution is 0.518. The van der Waals surface area contributed by atoms with E-state index in [1.165, 1.54) is 11.1 Å². The van der Waals surface area contributed by atoms with Crippen molar-refractivity contribution in [3.05, 3.63) is 35.4 Å². The van der Waals surface area contributed by atoms with Gasteiger partial charge in [0, 0.05) is 12.0 Å². The number of benzene rings is 1. The number of hydrogen-bond acceptors (Lipinski definition) is 2. The summed E-state index contributed by atoms with van der Waals surface area (Å²) in [5.41, 5.74) is 8.96. The summed E-state index contributed by atoms with van der Waals surface area (Å²) in [6.07, 6.45) is 2.24. The second kappa shape index (κ2) is 4.77. The standard InChI is InChI=1S/C13H20N2/c1-10-3-2-4-11(9-10)12-5-7-15-8-6-13(12)14/h2-4,9,12-13,15H,5-8,14H2,1H3. The number of nitrogens with two attached hydrogens (primary N) is 1. The van der Waals surface area contributed by atoms with Crippen LogP contribution in [0.4, 0.5) is 0 Å². The molecule has 2 unspecified atom stereocenters. The highest BCUT2D eigenvalue weighted by Crippen LogP contribution is 2.25. The van der Waals surface area contributed by atoms with Crippen molar-refractivity contribution in [3.63, 3.8) is 0 Å². The highest BCUT2D eigenvalue weighted by atomic mass is 14.9. The Morgan fingerprint density at radius 3 is 2.87 bits per heavy atom. The molecular formula is C13H20N2. The van der Waals surface area contributed by atoms with Gasteiger partial charge in [-0.05, 0) is 38.4 Å². The van der Waals surface area contributed by atoms with E-state index < -0.39 is 0 Å². The Hall–Kier alpha value is -0.860. The van der Waals surface area contributed by atoms with E-state index >= 15 is 0 Å². The van der Waals surface area contributed by atoms with Crippen LogP contribution in [0.3, 0.4) is 0 Å². The second-order valence-electron chi connectivity index (χ2n) is 4.51. The molecule has 3 N–H and O–H groups in total. The minimum absolute atomic E-state index is 0.307. The van der Waals surface area contributed by atoms with Crippen LogP contribution in [0.2, 0.25) is 0 Å². The highest BCUT2D eigenvalue weighted by Gasteiger charge is 2.21. The summed E-state index contributed by atoms with van der Waals surface area (Å²) >= 11 is 0. The Balaban J connectivity index is 2.20. The Kier molecular flexibility index (Phi) is 3.39. The number of nitrogens with one attached hydrogen (secondary N) is 1. The fourth-order valence-corrected chi connectivity index (χ4v) is 2.38. The van der Waals surface area contributed by atoms with Crippen molar-refractivity contribution >= 4 is 0 Å². The molecule has 82 valence electrons. The summed E-state index contributed by atoms with van der Waals surface area (Å²) in [6, 6.07) is 9.07. The first-order valence-electron chi connectivity index (χ1n) is 5.80. The maximum Gasteiger partial charge on any atom is 0.0120 e. The molecule has 2 nitrogen and oxygen atoms in total. The predicted molar refractivity (Wildman–Crippen MR) is 64.0 cm³/mol. The van der Waals surface area contributed by atoms with Gasteiger partial charge >= 0.3 is 0 Å². The van der Waals surface area contributed by atoms with Crippen molar-refractivity contribution in [1.29, 1.82) is 0 Å². The van der Waals surface area contributed by atoms with E-state index in [-0.39, 0.29) is 0 Å². The quantitative estimate of drug-likeness (QED) is 0.732. The van der Waals surface area contributed by atoms with E-state index in [4.69, 9.17) is 5.73 Å². The third-order valence-electron chi connectivity index (χ3n) is 3.27. The fourth-order valence-electron chi connectivity index (χ4n) is 2.38. The first-order chi connectivity index (χ1) is 7.27. The van der Waals surface area contributed by atoms with Crippen LogP contribution < -0.4 is 11.1 Å². The lowest BCUT2D eigenvalue weighted by atomic mass is 9.87. The van der Waals surface area contributed by atoms with E-state index in [0.29, 0.717) is 12.0 Å². The lowest BCUT2D eigenvalue weighted by Crippen LogP contribution is -2.28. The van der Waals surface area contributed by atoms with Crippen LogP contribution in [0, 0.1) is 6.92 Å². The van der Waals surface area contributed by atoms with Crippen LogP contribution in [-0.4, -0.2) is 19.1 Å². The molecule has 0 bridgehead atoms. The molecule has 0 saturated carbocycles. The molecule has 15 heavy (non-hydrogen) atoms. The topological polar surface area (TPSA) is 38.0 Å². The van der Waals surface area contributed by atoms with Crippen LogP contribution >= 0.6 is 0 Å². The molecule has 1 fully saturated rings. The van der Waals surface area contributed by atoms with Gasteiger partial charge in [0.25, 0.3) is 0 Å². The van der Waals surface area contributed by atoms with Crippen molar-refractivity contribution in [3.8, 4) is 0 Å². The van der Waals surface area contributed by atoms with Gasteiger partial charge < -0.3 is 11.1 Å². The normalized spacial score (nSPS) is 27.3. The predicted octanol–water partition coefficient (Wildman–Crippen LogP) is 1.79. The molecule has 2 atom stereocenters. The molecule has 0 spiro atoms. The minimum Gasteiger partial charge on any atom is -0.327 e. The first-order valence-corrected chi connectivity index (χ1v) is 5.80. The largest absolute Gasteiger partial charge is 0.327 e. The molecule has 1 aliphatic rings. The monoisotopic (exact) mass is 204 g/mol. The van der Waals surface area contributed by atoms with Crippen molar-refractivity contribution < 1.29 is 0 Å². The molecule has 0 aliphatic carbocycles. The summed E-state index contributed by atoms with van der Waals surface area (Å²) in [6.45, 7) is 4.29. The zero-order valence-electron chi connectivity index (χ0n) is 9.37. The van der Waals surface area contributed by atoms with Crippen LogP contribution in [0.5, 0.6) is 0 Å². The number of hydrogen-bond donors (Lipinski definition) is 2. The third kappa shape index (κ3) is 2.58. The Bertz CT molecular complexity index is 322. The van der Waals surface area contributed by atoms with Gasteiger partial charge in [-0.15, -0.1) is 0 Å². The van der Waals surface area contributed by atoms with Crippen molar-refractivity contribution in [1.82, 2.24) is 5.32 Å². The van der Waals surface area contributed by atoms with Gasteiger partial charge in [0.2, 0.25) is 0 Å². The number of rotatable bonds is 1. The Morgan fingerprint density at radius 1 is 1.27 bits per heavy atom. The maximum atomic E-state index is 6.22. The molecule has 2 heteroatoms. The molecule has 2 rings (SSSR count). The van der Waals surface area contributed by atoms with E-state index in [1.807, 2.05) is 0 Å². The SMILES string of the molecule is Cc1cccc(C2CCNCCC2N)c1. The van der Waals surface area contributed by atoms with Gasteiger partial charge in [-0.1, -0.05) is 29.8 Å². The van der Waals surface area contributed by atoms with Crippen LogP contribution in [0.1, 0.15) is 29.9 Å². The van der Waals surface area contributed by atoms with Crippen molar-refractivity contribution in [2.75, 3.05) is 13.1 Å². The maximum absolute atomic E-state index is 6.22. The second-order valence-corrected chi connectivity index (χ2v) is 4.51. The average molecular weight is 204 g/mol. The molecule has 0 radical (unpaired) electrons. The molecule has 0 aromatic heterocycles. The summed E-state index contributed by atoms with van der Waals surface area (Å²) in [4.78, 5) is 0. The Labute approximate surface area is 91.9 Å². The lowest BCUT2D eigenvalue weighted by Gasteiger charge is -2.21. The Morgan fingerprint density at radius 2 is 2.07 bits per heavy atom. The van der Waals surface area contributed by atoms with Gasteiger partial charge in [-0.25, -0.2) is 0 Å². The smallest absolute Gasteiger partial charge is 0.0120 e. The van der Waals surface area contributed by atoms with Crippen LogP contribution in [-0.2, 0) is 0 Å². The molecule has 1 heterocycles. The first kappa shape index (κ1) is 10.7. The minimum atomic E-state index is 0.307. The molecular weight excluding hydrogens is 184 g/mol. The molecule has 1 saturated heterocycles. The molecule has 0 amide bonds. The molecule has 1 aliphatic heterocycles. The van der Waals surface area contributed by atoms with E-state index in [9.17, 15) is 0 Å². The molecule has 1 aromatic carbocycles. The van der Waals surface area contributed by atoms with Gasteiger partial charge in [0.1, 0.15) is 0 Å². The van der Waals surface area contributed by atoms with Crippen molar-refractivity contribution in [2.45, 2.75) is 31.7 Å². The summed E-state index contributed by atoms with van der Waals surface area (Å²) in [5.74, 6) is 0.528. The zero-order valence-corrected chi connectivity index (χ0v) is 9.37. The van der Waals surface area contributed by atoms with Gasteiger partial charge in [0.05, 0.1) is 0 Å². The van der Waals surface area contributed by atoms with E-state index in [0.717, 1.165) is 25.9 Å². The van der Waals surface area contributed by atoms with Gasteiger partial charge in [0.15, 0.2) is 0 Å².